The van der Waals surface area contributed by atoms with Gasteiger partial charge in [-0.15, -0.1) is 0 Å². The second kappa shape index (κ2) is 17.0. The largest absolute Gasteiger partial charge is 0.330 e. The van der Waals surface area contributed by atoms with Gasteiger partial charge in [-0.05, 0) is 31.4 Å². The maximum atomic E-state index is 5.51. The fourth-order valence-electron chi connectivity index (χ4n) is 3.42. The molecule has 0 saturated carbocycles. The Morgan fingerprint density at radius 2 is 0.833 bits per heavy atom. The summed E-state index contributed by atoms with van der Waals surface area (Å²) in [6.07, 6.45) is 22.4. The lowest BCUT2D eigenvalue weighted by Crippen LogP contribution is -1.97. The predicted molar refractivity (Wildman–Crippen MR) is 108 cm³/mol. The minimum absolute atomic E-state index is 0.868. The molecule has 0 fully saturated rings. The molecule has 1 nitrogen and oxygen atoms in total. The molecule has 0 aliphatic carbocycles. The molecule has 0 spiro atoms. The van der Waals surface area contributed by atoms with Crippen LogP contribution in [0.15, 0.2) is 30.3 Å². The van der Waals surface area contributed by atoms with Gasteiger partial charge in [0.1, 0.15) is 0 Å². The Morgan fingerprint density at radius 1 is 0.458 bits per heavy atom. The van der Waals surface area contributed by atoms with Crippen LogP contribution in [0.25, 0.3) is 0 Å². The van der Waals surface area contributed by atoms with Crippen molar-refractivity contribution < 1.29 is 0 Å². The van der Waals surface area contributed by atoms with Crippen molar-refractivity contribution in [2.45, 2.75) is 103 Å². The van der Waals surface area contributed by atoms with E-state index < -0.39 is 0 Å². The molecule has 0 bridgehead atoms. The molecule has 0 heterocycles. The second-order valence-electron chi connectivity index (χ2n) is 7.33. The zero-order valence-corrected chi connectivity index (χ0v) is 16.0. The molecule has 1 heteroatoms. The average Bonchev–Trinajstić information content (AvgIpc) is 2.62. The number of rotatable bonds is 17. The van der Waals surface area contributed by atoms with Crippen LogP contribution in [0.3, 0.4) is 0 Å². The standard InChI is InChI=1S/C23H41N/c24-22-18-13-11-9-7-5-3-1-2-4-6-8-10-12-15-19-23-20-16-14-17-21-23/h14,16-17,20-21H,1-13,15,18-19,22,24H2. The van der Waals surface area contributed by atoms with E-state index in [1.807, 2.05) is 0 Å². The van der Waals surface area contributed by atoms with Crippen LogP contribution in [-0.4, -0.2) is 6.54 Å². The summed E-state index contributed by atoms with van der Waals surface area (Å²) in [5.41, 5.74) is 7.00. The normalized spacial score (nSPS) is 11.0. The Hall–Kier alpha value is -0.820. The highest BCUT2D eigenvalue weighted by Crippen LogP contribution is 2.14. The van der Waals surface area contributed by atoms with Gasteiger partial charge in [0.05, 0.1) is 0 Å². The lowest BCUT2D eigenvalue weighted by atomic mass is 10.0. The van der Waals surface area contributed by atoms with Crippen LogP contribution in [0.4, 0.5) is 0 Å². The summed E-state index contributed by atoms with van der Waals surface area (Å²) in [6, 6.07) is 10.9. The molecule has 0 saturated heterocycles. The van der Waals surface area contributed by atoms with Crippen molar-refractivity contribution in [1.82, 2.24) is 0 Å². The van der Waals surface area contributed by atoms with E-state index in [-0.39, 0.29) is 0 Å². The van der Waals surface area contributed by atoms with Crippen molar-refractivity contribution in [1.29, 1.82) is 0 Å². The minimum atomic E-state index is 0.868. The van der Waals surface area contributed by atoms with Gasteiger partial charge in [-0.25, -0.2) is 0 Å². The molecule has 1 aromatic carbocycles. The van der Waals surface area contributed by atoms with Crippen molar-refractivity contribution in [3.05, 3.63) is 35.9 Å². The van der Waals surface area contributed by atoms with E-state index in [0.29, 0.717) is 0 Å². The second-order valence-corrected chi connectivity index (χ2v) is 7.33. The van der Waals surface area contributed by atoms with Crippen molar-refractivity contribution in [2.75, 3.05) is 6.54 Å². The molecule has 0 amide bonds. The summed E-state index contributed by atoms with van der Waals surface area (Å²) in [7, 11) is 0. The molecule has 2 N–H and O–H groups in total. The first-order valence-electron chi connectivity index (χ1n) is 10.7. The van der Waals surface area contributed by atoms with Gasteiger partial charge in [0.25, 0.3) is 0 Å². The van der Waals surface area contributed by atoms with Crippen molar-refractivity contribution >= 4 is 0 Å². The SMILES string of the molecule is NCCCCCCCCCCCCCCCCCc1ccccc1. The van der Waals surface area contributed by atoms with Gasteiger partial charge < -0.3 is 5.73 Å². The molecule has 138 valence electrons. The molecule has 0 aliphatic rings. The third-order valence-corrected chi connectivity index (χ3v) is 5.01. The Labute approximate surface area is 151 Å². The van der Waals surface area contributed by atoms with Crippen LogP contribution < -0.4 is 5.73 Å². The van der Waals surface area contributed by atoms with Gasteiger partial charge in [0, 0.05) is 0 Å². The molecule has 0 radical (unpaired) electrons. The number of benzene rings is 1. The monoisotopic (exact) mass is 331 g/mol. The molecule has 0 atom stereocenters. The van der Waals surface area contributed by atoms with Gasteiger partial charge >= 0.3 is 0 Å². The van der Waals surface area contributed by atoms with Crippen LogP contribution in [0.5, 0.6) is 0 Å². The van der Waals surface area contributed by atoms with Crippen LogP contribution in [0, 0.1) is 0 Å². The summed E-state index contributed by atoms with van der Waals surface area (Å²) >= 11 is 0. The van der Waals surface area contributed by atoms with Gasteiger partial charge in [0.15, 0.2) is 0 Å². The molecule has 0 aromatic heterocycles. The third-order valence-electron chi connectivity index (χ3n) is 5.01. The molecule has 1 aromatic rings. The quantitative estimate of drug-likeness (QED) is 0.304. The first-order valence-corrected chi connectivity index (χ1v) is 10.7. The van der Waals surface area contributed by atoms with E-state index in [9.17, 15) is 0 Å². The minimum Gasteiger partial charge on any atom is -0.330 e. The topological polar surface area (TPSA) is 26.0 Å². The van der Waals surface area contributed by atoms with Gasteiger partial charge in [0.2, 0.25) is 0 Å². The van der Waals surface area contributed by atoms with E-state index in [4.69, 9.17) is 5.73 Å². The van der Waals surface area contributed by atoms with E-state index in [1.54, 1.807) is 0 Å². The number of aryl methyl sites for hydroxylation is 1. The van der Waals surface area contributed by atoms with Crippen molar-refractivity contribution in [3.8, 4) is 0 Å². The maximum Gasteiger partial charge on any atom is -0.00773 e. The van der Waals surface area contributed by atoms with Crippen LogP contribution >= 0.6 is 0 Å². The zero-order valence-electron chi connectivity index (χ0n) is 16.0. The summed E-state index contributed by atoms with van der Waals surface area (Å²) in [6.45, 7) is 0.868. The first kappa shape index (κ1) is 21.2. The van der Waals surface area contributed by atoms with E-state index in [1.165, 1.54) is 108 Å². The summed E-state index contributed by atoms with van der Waals surface area (Å²) in [5, 5.41) is 0. The Kier molecular flexibility index (Phi) is 15.0. The van der Waals surface area contributed by atoms with Crippen LogP contribution in [-0.2, 0) is 6.42 Å². The molecule has 0 unspecified atom stereocenters. The predicted octanol–water partition coefficient (Wildman–Crippen LogP) is 7.04. The highest BCUT2D eigenvalue weighted by Gasteiger charge is 1.95. The van der Waals surface area contributed by atoms with Gasteiger partial charge in [-0.2, -0.15) is 0 Å². The van der Waals surface area contributed by atoms with E-state index in [0.717, 1.165) is 6.54 Å². The fourth-order valence-corrected chi connectivity index (χ4v) is 3.42. The van der Waals surface area contributed by atoms with Crippen LogP contribution in [0.2, 0.25) is 0 Å². The lowest BCUT2D eigenvalue weighted by molar-refractivity contribution is 0.531. The summed E-state index contributed by atoms with van der Waals surface area (Å²) in [5.74, 6) is 0. The highest BCUT2D eigenvalue weighted by atomic mass is 14.5. The molecular formula is C23H41N. The zero-order chi connectivity index (χ0) is 17.1. The van der Waals surface area contributed by atoms with E-state index >= 15 is 0 Å². The van der Waals surface area contributed by atoms with Gasteiger partial charge in [-0.3, -0.25) is 0 Å². The molecule has 0 aliphatic heterocycles. The smallest absolute Gasteiger partial charge is 0.00773 e. The Morgan fingerprint density at radius 3 is 1.25 bits per heavy atom. The summed E-state index contributed by atoms with van der Waals surface area (Å²) < 4.78 is 0. The Bertz CT molecular complexity index is 346. The van der Waals surface area contributed by atoms with Gasteiger partial charge in [-0.1, -0.05) is 114 Å². The van der Waals surface area contributed by atoms with Crippen LogP contribution in [0.1, 0.15) is 102 Å². The number of nitrogens with two attached hydrogens (primary N) is 1. The third kappa shape index (κ3) is 13.6. The lowest BCUT2D eigenvalue weighted by Gasteiger charge is -2.04. The van der Waals surface area contributed by atoms with Crippen molar-refractivity contribution in [2.24, 2.45) is 5.73 Å². The number of unbranched alkanes of at least 4 members (excludes halogenated alkanes) is 14. The van der Waals surface area contributed by atoms with Crippen molar-refractivity contribution in [3.63, 3.8) is 0 Å². The number of hydrogen-bond acceptors (Lipinski definition) is 1. The molecular weight excluding hydrogens is 290 g/mol. The number of hydrogen-bond donors (Lipinski definition) is 1. The first-order chi connectivity index (χ1) is 11.9. The van der Waals surface area contributed by atoms with E-state index in [2.05, 4.69) is 30.3 Å². The molecule has 1 rings (SSSR count). The average molecular weight is 332 g/mol. The molecule has 24 heavy (non-hydrogen) atoms. The highest BCUT2D eigenvalue weighted by molar-refractivity contribution is 5.14. The fraction of sp³-hybridized carbons (Fsp3) is 0.739. The summed E-state index contributed by atoms with van der Waals surface area (Å²) in [4.78, 5) is 0. The maximum absolute atomic E-state index is 5.51. The Balaban J connectivity index is 1.70.